The molecule has 102 valence electrons. The molecule has 1 aromatic rings. The zero-order valence-electron chi connectivity index (χ0n) is 10.3. The Morgan fingerprint density at radius 2 is 2.00 bits per heavy atom. The van der Waals surface area contributed by atoms with Crippen LogP contribution in [0, 0.1) is 0 Å². The number of anilines is 1. The summed E-state index contributed by atoms with van der Waals surface area (Å²) in [4.78, 5) is 1.49. The Labute approximate surface area is 110 Å². The molecule has 0 aliphatic heterocycles. The van der Waals surface area contributed by atoms with Gasteiger partial charge in [0, 0.05) is 19.6 Å². The topological polar surface area (TPSA) is 29.3 Å². The first-order chi connectivity index (χ1) is 8.20. The first-order valence-electron chi connectivity index (χ1n) is 5.53. The Bertz CT molecular complexity index is 405. The van der Waals surface area contributed by atoms with Crippen molar-refractivity contribution in [3.63, 3.8) is 0 Å². The van der Waals surface area contributed by atoms with Crippen LogP contribution >= 0.6 is 11.6 Å². The highest BCUT2D eigenvalue weighted by Crippen LogP contribution is 2.29. The maximum atomic E-state index is 12.1. The van der Waals surface area contributed by atoms with Gasteiger partial charge in [-0.25, -0.2) is 0 Å². The average molecular weight is 281 g/mol. The van der Waals surface area contributed by atoms with Crippen LogP contribution in [-0.2, 0) is 0 Å². The lowest BCUT2D eigenvalue weighted by atomic mass is 10.1. The molecule has 0 saturated carbocycles. The first-order valence-corrected chi connectivity index (χ1v) is 5.91. The molecular weight excluding hydrogens is 265 g/mol. The van der Waals surface area contributed by atoms with Crippen LogP contribution in [0.3, 0.4) is 0 Å². The molecule has 0 bridgehead atoms. The highest BCUT2D eigenvalue weighted by molar-refractivity contribution is 6.33. The number of alkyl halides is 3. The van der Waals surface area contributed by atoms with Crippen molar-refractivity contribution in [3.05, 3.63) is 28.8 Å². The van der Waals surface area contributed by atoms with Gasteiger partial charge in [0.2, 0.25) is 0 Å². The molecule has 6 heteroatoms. The molecule has 2 nitrogen and oxygen atoms in total. The largest absolute Gasteiger partial charge is 0.390 e. The van der Waals surface area contributed by atoms with Gasteiger partial charge in [0.1, 0.15) is 0 Å². The van der Waals surface area contributed by atoms with E-state index in [1.54, 1.807) is 25.2 Å². The monoisotopic (exact) mass is 280 g/mol. The van der Waals surface area contributed by atoms with E-state index in [2.05, 4.69) is 0 Å². The Hall–Kier alpha value is -0.940. The second kappa shape index (κ2) is 5.80. The summed E-state index contributed by atoms with van der Waals surface area (Å²) in [6.07, 6.45) is -5.03. The zero-order chi connectivity index (χ0) is 13.9. The van der Waals surface area contributed by atoms with Crippen LogP contribution in [0.4, 0.5) is 18.9 Å². The van der Waals surface area contributed by atoms with E-state index < -0.39 is 12.6 Å². The number of halogens is 4. The molecule has 18 heavy (non-hydrogen) atoms. The maximum absolute atomic E-state index is 12.1. The minimum Gasteiger partial charge on any atom is -0.373 e. The normalized spacial score (nSPS) is 13.5. The summed E-state index contributed by atoms with van der Waals surface area (Å²) in [5.74, 6) is 0. The van der Waals surface area contributed by atoms with Crippen LogP contribution in [0.5, 0.6) is 0 Å². The van der Waals surface area contributed by atoms with Crippen LogP contribution in [-0.4, -0.2) is 19.8 Å². The lowest BCUT2D eigenvalue weighted by molar-refractivity contribution is -0.132. The van der Waals surface area contributed by atoms with Gasteiger partial charge in [0.05, 0.1) is 17.1 Å². The van der Waals surface area contributed by atoms with Gasteiger partial charge in [-0.1, -0.05) is 17.7 Å². The average Bonchev–Trinajstić information content (AvgIpc) is 2.24. The van der Waals surface area contributed by atoms with Crippen LogP contribution in [0.15, 0.2) is 18.2 Å². The van der Waals surface area contributed by atoms with Gasteiger partial charge in [-0.05, 0) is 24.6 Å². The highest BCUT2D eigenvalue weighted by atomic mass is 35.5. The number of nitrogens with two attached hydrogens (primary N) is 1. The molecule has 0 aromatic heterocycles. The lowest BCUT2D eigenvalue weighted by Gasteiger charge is -2.22. The molecule has 0 amide bonds. The van der Waals surface area contributed by atoms with E-state index in [-0.39, 0.29) is 12.6 Å². The molecule has 0 aliphatic rings. The summed E-state index contributed by atoms with van der Waals surface area (Å²) >= 11 is 6.04. The van der Waals surface area contributed by atoms with Crippen LogP contribution in [0.25, 0.3) is 0 Å². The molecule has 0 heterocycles. The fraction of sp³-hybridized carbons (Fsp3) is 0.500. The van der Waals surface area contributed by atoms with Crippen LogP contribution in [0.2, 0.25) is 5.02 Å². The third-order valence-electron chi connectivity index (χ3n) is 2.64. The summed E-state index contributed by atoms with van der Waals surface area (Å²) in [6.45, 7) is 1.69. The third-order valence-corrected chi connectivity index (χ3v) is 2.94. The Morgan fingerprint density at radius 1 is 1.39 bits per heavy atom. The summed E-state index contributed by atoms with van der Waals surface area (Å²) < 4.78 is 36.4. The maximum Gasteiger partial charge on any atom is 0.390 e. The number of hydrogen-bond acceptors (Lipinski definition) is 2. The van der Waals surface area contributed by atoms with Gasteiger partial charge in [-0.3, -0.25) is 0 Å². The molecule has 0 saturated heterocycles. The van der Waals surface area contributed by atoms with Crippen molar-refractivity contribution in [3.8, 4) is 0 Å². The zero-order valence-corrected chi connectivity index (χ0v) is 11.0. The fourth-order valence-electron chi connectivity index (χ4n) is 1.53. The predicted molar refractivity (Wildman–Crippen MR) is 68.0 cm³/mol. The van der Waals surface area contributed by atoms with Crippen molar-refractivity contribution >= 4 is 17.3 Å². The van der Waals surface area contributed by atoms with Gasteiger partial charge in [-0.2, -0.15) is 13.2 Å². The second-order valence-corrected chi connectivity index (χ2v) is 4.69. The number of benzene rings is 1. The highest BCUT2D eigenvalue weighted by Gasteiger charge is 2.27. The van der Waals surface area contributed by atoms with E-state index in [0.717, 1.165) is 5.56 Å². The SMILES string of the molecule is C[C@H](N)c1ccc(N(C)CCC(F)(F)F)c(Cl)c1. The Balaban J connectivity index is 2.77. The Morgan fingerprint density at radius 3 is 2.44 bits per heavy atom. The summed E-state index contributed by atoms with van der Waals surface area (Å²) in [5.41, 5.74) is 7.13. The van der Waals surface area contributed by atoms with Gasteiger partial charge >= 0.3 is 6.18 Å². The number of nitrogens with zero attached hydrogens (tertiary/aromatic N) is 1. The molecule has 0 unspecified atom stereocenters. The lowest BCUT2D eigenvalue weighted by Crippen LogP contribution is -2.24. The molecule has 0 fully saturated rings. The van der Waals surface area contributed by atoms with Crippen molar-refractivity contribution in [2.75, 3.05) is 18.5 Å². The smallest absolute Gasteiger partial charge is 0.373 e. The number of hydrogen-bond donors (Lipinski definition) is 1. The molecule has 1 aromatic carbocycles. The second-order valence-electron chi connectivity index (χ2n) is 4.29. The van der Waals surface area contributed by atoms with Gasteiger partial charge in [0.15, 0.2) is 0 Å². The van der Waals surface area contributed by atoms with Crippen molar-refractivity contribution in [1.82, 2.24) is 0 Å². The molecule has 2 N–H and O–H groups in total. The van der Waals surface area contributed by atoms with E-state index >= 15 is 0 Å². The van der Waals surface area contributed by atoms with Crippen molar-refractivity contribution in [1.29, 1.82) is 0 Å². The van der Waals surface area contributed by atoms with E-state index in [9.17, 15) is 13.2 Å². The van der Waals surface area contributed by atoms with Crippen molar-refractivity contribution in [2.24, 2.45) is 5.73 Å². The molecular formula is C12H16ClF3N2. The third kappa shape index (κ3) is 4.38. The standard InChI is InChI=1S/C12H16ClF3N2/c1-8(17)9-3-4-11(10(13)7-9)18(2)6-5-12(14,15)16/h3-4,7-8H,5-6,17H2,1-2H3/t8-/m0/s1. The minimum atomic E-state index is -4.16. The van der Waals surface area contributed by atoms with E-state index in [0.29, 0.717) is 10.7 Å². The molecule has 0 aliphatic carbocycles. The molecule has 0 radical (unpaired) electrons. The summed E-state index contributed by atoms with van der Waals surface area (Å²) in [5, 5.41) is 0.412. The van der Waals surface area contributed by atoms with Gasteiger partial charge < -0.3 is 10.6 Å². The first kappa shape index (κ1) is 15.1. The molecule has 0 spiro atoms. The number of rotatable bonds is 4. The van der Waals surface area contributed by atoms with Gasteiger partial charge in [0.25, 0.3) is 0 Å². The van der Waals surface area contributed by atoms with Crippen molar-refractivity contribution in [2.45, 2.75) is 25.6 Å². The molecule has 1 atom stereocenters. The van der Waals surface area contributed by atoms with E-state index in [1.165, 1.54) is 4.90 Å². The van der Waals surface area contributed by atoms with Crippen molar-refractivity contribution < 1.29 is 13.2 Å². The van der Waals surface area contributed by atoms with E-state index in [1.807, 2.05) is 6.92 Å². The van der Waals surface area contributed by atoms with Crippen LogP contribution < -0.4 is 10.6 Å². The quantitative estimate of drug-likeness (QED) is 0.910. The summed E-state index contributed by atoms with van der Waals surface area (Å²) in [7, 11) is 1.58. The van der Waals surface area contributed by atoms with Crippen LogP contribution in [0.1, 0.15) is 24.9 Å². The Kier molecular flexibility index (Phi) is 4.87. The summed E-state index contributed by atoms with van der Waals surface area (Å²) in [6, 6.07) is 5.00. The molecule has 1 rings (SSSR count). The van der Waals surface area contributed by atoms with E-state index in [4.69, 9.17) is 17.3 Å². The van der Waals surface area contributed by atoms with Gasteiger partial charge in [-0.15, -0.1) is 0 Å². The fourth-order valence-corrected chi connectivity index (χ4v) is 1.86. The minimum absolute atomic E-state index is 0.124. The predicted octanol–water partition coefficient (Wildman–Crippen LogP) is 3.75.